The molecule has 0 saturated carbocycles. The highest BCUT2D eigenvalue weighted by Crippen LogP contribution is 2.23. The summed E-state index contributed by atoms with van der Waals surface area (Å²) >= 11 is 0. The van der Waals surface area contributed by atoms with Gasteiger partial charge in [-0.2, -0.15) is 4.31 Å². The van der Waals surface area contributed by atoms with Gasteiger partial charge < -0.3 is 9.64 Å². The molecule has 7 nitrogen and oxygen atoms in total. The summed E-state index contributed by atoms with van der Waals surface area (Å²) in [5.74, 6) is -0.820. The maximum absolute atomic E-state index is 12.7. The van der Waals surface area contributed by atoms with Crippen molar-refractivity contribution in [2.24, 2.45) is 0 Å². The number of amides is 1. The molecule has 0 aliphatic carbocycles. The Morgan fingerprint density at radius 1 is 0.966 bits per heavy atom. The van der Waals surface area contributed by atoms with Crippen molar-refractivity contribution in [1.29, 1.82) is 0 Å². The van der Waals surface area contributed by atoms with Gasteiger partial charge in [-0.3, -0.25) is 4.79 Å². The second kappa shape index (κ2) is 9.26. The van der Waals surface area contributed by atoms with E-state index in [0.29, 0.717) is 13.1 Å². The van der Waals surface area contributed by atoms with Crippen molar-refractivity contribution in [3.8, 4) is 0 Å². The number of sulfonamides is 1. The van der Waals surface area contributed by atoms with Crippen LogP contribution in [0, 0.1) is 0 Å². The molecular formula is C21H30N2O5S. The van der Waals surface area contributed by atoms with Crippen molar-refractivity contribution in [3.05, 3.63) is 29.8 Å². The number of carbonyl (C=O) groups is 2. The highest BCUT2D eigenvalue weighted by atomic mass is 32.2. The number of rotatable bonds is 5. The smallest absolute Gasteiger partial charge is 0.338 e. The Bertz CT molecular complexity index is 821. The molecule has 3 rings (SSSR count). The van der Waals surface area contributed by atoms with Crippen molar-refractivity contribution in [1.82, 2.24) is 9.21 Å². The normalized spacial score (nSPS) is 23.6. The zero-order chi connectivity index (χ0) is 21.0. The molecule has 29 heavy (non-hydrogen) atoms. The molecule has 160 valence electrons. The minimum atomic E-state index is -3.54. The number of piperidine rings is 2. The summed E-state index contributed by atoms with van der Waals surface area (Å²) in [6.45, 7) is 4.78. The van der Waals surface area contributed by atoms with E-state index in [-0.39, 0.29) is 35.1 Å². The van der Waals surface area contributed by atoms with Gasteiger partial charge >= 0.3 is 5.97 Å². The van der Waals surface area contributed by atoms with Crippen LogP contribution in [0.2, 0.25) is 0 Å². The number of carbonyl (C=O) groups excluding carboxylic acids is 2. The van der Waals surface area contributed by atoms with Crippen molar-refractivity contribution >= 4 is 21.9 Å². The molecule has 2 fully saturated rings. The quantitative estimate of drug-likeness (QED) is 0.682. The SMILES string of the molecule is C[C@H]1CCC[C@H](C)N1C(=O)COC(=O)c1ccc(S(=O)(=O)N2CCCCC2)cc1. The van der Waals surface area contributed by atoms with E-state index >= 15 is 0 Å². The van der Waals surface area contributed by atoms with Gasteiger partial charge in [0.25, 0.3) is 5.91 Å². The standard InChI is InChI=1S/C21H30N2O5S/c1-16-7-6-8-17(2)23(16)20(24)15-28-21(25)18-9-11-19(12-10-18)29(26,27)22-13-4-3-5-14-22/h9-12,16-17H,3-8,13-15H2,1-2H3/t16-,17-/m0/s1. The number of benzene rings is 1. The Balaban J connectivity index is 1.59. The third-order valence-electron chi connectivity index (χ3n) is 5.85. The van der Waals surface area contributed by atoms with Gasteiger partial charge in [-0.15, -0.1) is 0 Å². The fourth-order valence-electron chi connectivity index (χ4n) is 4.22. The minimum Gasteiger partial charge on any atom is -0.452 e. The van der Waals surface area contributed by atoms with Gasteiger partial charge in [0, 0.05) is 25.2 Å². The maximum atomic E-state index is 12.7. The molecule has 1 amide bonds. The van der Waals surface area contributed by atoms with Gasteiger partial charge in [-0.1, -0.05) is 6.42 Å². The number of hydrogen-bond donors (Lipinski definition) is 0. The lowest BCUT2D eigenvalue weighted by molar-refractivity contribution is -0.140. The predicted octanol–water partition coefficient (Wildman–Crippen LogP) is 2.81. The molecule has 0 radical (unpaired) electrons. The number of ether oxygens (including phenoxy) is 1. The molecule has 1 aromatic carbocycles. The minimum absolute atomic E-state index is 0.143. The Kier molecular flexibility index (Phi) is 6.95. The van der Waals surface area contributed by atoms with Gasteiger partial charge in [-0.25, -0.2) is 13.2 Å². The van der Waals surface area contributed by atoms with E-state index in [4.69, 9.17) is 4.74 Å². The Morgan fingerprint density at radius 3 is 2.14 bits per heavy atom. The van der Waals surface area contributed by atoms with Crippen LogP contribution in [0.3, 0.4) is 0 Å². The van der Waals surface area contributed by atoms with Gasteiger partial charge in [-0.05, 0) is 70.2 Å². The predicted molar refractivity (Wildman–Crippen MR) is 109 cm³/mol. The van der Waals surface area contributed by atoms with E-state index in [0.717, 1.165) is 38.5 Å². The summed E-state index contributed by atoms with van der Waals surface area (Å²) in [6.07, 6.45) is 5.79. The van der Waals surface area contributed by atoms with Gasteiger partial charge in [0.05, 0.1) is 10.5 Å². The van der Waals surface area contributed by atoms with Crippen molar-refractivity contribution in [3.63, 3.8) is 0 Å². The van der Waals surface area contributed by atoms with E-state index in [1.54, 1.807) is 4.90 Å². The highest BCUT2D eigenvalue weighted by molar-refractivity contribution is 7.89. The zero-order valence-corrected chi connectivity index (χ0v) is 18.0. The first-order valence-electron chi connectivity index (χ1n) is 10.4. The van der Waals surface area contributed by atoms with E-state index < -0.39 is 16.0 Å². The van der Waals surface area contributed by atoms with Crippen LogP contribution in [0.1, 0.15) is 62.7 Å². The molecule has 2 heterocycles. The van der Waals surface area contributed by atoms with Gasteiger partial charge in [0.1, 0.15) is 0 Å². The van der Waals surface area contributed by atoms with Crippen molar-refractivity contribution < 1.29 is 22.7 Å². The largest absolute Gasteiger partial charge is 0.452 e. The monoisotopic (exact) mass is 422 g/mol. The lowest BCUT2D eigenvalue weighted by Gasteiger charge is -2.38. The molecule has 0 bridgehead atoms. The van der Waals surface area contributed by atoms with E-state index in [1.165, 1.54) is 28.6 Å². The Hall–Kier alpha value is -1.93. The van der Waals surface area contributed by atoms with Crippen LogP contribution in [-0.2, 0) is 19.6 Å². The van der Waals surface area contributed by atoms with Crippen LogP contribution >= 0.6 is 0 Å². The first-order chi connectivity index (χ1) is 13.8. The average molecular weight is 423 g/mol. The summed E-state index contributed by atoms with van der Waals surface area (Å²) < 4.78 is 32.0. The molecular weight excluding hydrogens is 392 g/mol. The number of likely N-dealkylation sites (tertiary alicyclic amines) is 1. The van der Waals surface area contributed by atoms with Crippen LogP contribution in [0.25, 0.3) is 0 Å². The van der Waals surface area contributed by atoms with Crippen LogP contribution in [0.4, 0.5) is 0 Å². The fourth-order valence-corrected chi connectivity index (χ4v) is 5.73. The molecule has 2 aliphatic heterocycles. The fraction of sp³-hybridized carbons (Fsp3) is 0.619. The average Bonchev–Trinajstić information content (AvgIpc) is 2.72. The lowest BCUT2D eigenvalue weighted by atomic mass is 9.97. The highest BCUT2D eigenvalue weighted by Gasteiger charge is 2.30. The Morgan fingerprint density at radius 2 is 1.55 bits per heavy atom. The molecule has 2 saturated heterocycles. The second-order valence-corrected chi connectivity index (χ2v) is 9.93. The van der Waals surface area contributed by atoms with E-state index in [9.17, 15) is 18.0 Å². The molecule has 0 aromatic heterocycles. The molecule has 0 spiro atoms. The third-order valence-corrected chi connectivity index (χ3v) is 7.76. The first-order valence-corrected chi connectivity index (χ1v) is 11.8. The summed E-state index contributed by atoms with van der Waals surface area (Å²) in [7, 11) is -3.54. The summed E-state index contributed by atoms with van der Waals surface area (Å²) in [5.41, 5.74) is 0.232. The summed E-state index contributed by atoms with van der Waals surface area (Å²) in [5, 5.41) is 0. The molecule has 1 aromatic rings. The summed E-state index contributed by atoms with van der Waals surface area (Å²) in [6, 6.07) is 6.02. The molecule has 0 N–H and O–H groups in total. The second-order valence-electron chi connectivity index (χ2n) is 8.00. The molecule has 0 unspecified atom stereocenters. The van der Waals surface area contributed by atoms with E-state index in [2.05, 4.69) is 0 Å². The topological polar surface area (TPSA) is 84.0 Å². The maximum Gasteiger partial charge on any atom is 0.338 e. The number of nitrogens with zero attached hydrogens (tertiary/aromatic N) is 2. The van der Waals surface area contributed by atoms with Crippen LogP contribution in [-0.4, -0.2) is 61.3 Å². The molecule has 2 atom stereocenters. The first kappa shape index (κ1) is 21.8. The Labute approximate surface area is 173 Å². The van der Waals surface area contributed by atoms with Crippen LogP contribution in [0.15, 0.2) is 29.2 Å². The van der Waals surface area contributed by atoms with Gasteiger partial charge in [0.2, 0.25) is 10.0 Å². The third kappa shape index (κ3) is 4.98. The number of esters is 1. The van der Waals surface area contributed by atoms with Crippen LogP contribution < -0.4 is 0 Å². The van der Waals surface area contributed by atoms with Crippen molar-refractivity contribution in [2.75, 3.05) is 19.7 Å². The zero-order valence-electron chi connectivity index (χ0n) is 17.2. The molecule has 8 heteroatoms. The number of hydrogen-bond acceptors (Lipinski definition) is 5. The van der Waals surface area contributed by atoms with E-state index in [1.807, 2.05) is 13.8 Å². The van der Waals surface area contributed by atoms with Gasteiger partial charge in [0.15, 0.2) is 6.61 Å². The van der Waals surface area contributed by atoms with Crippen LogP contribution in [0.5, 0.6) is 0 Å². The summed E-state index contributed by atoms with van der Waals surface area (Å²) in [4.78, 5) is 26.8. The van der Waals surface area contributed by atoms with Crippen molar-refractivity contribution in [2.45, 2.75) is 69.4 Å². The molecule has 2 aliphatic rings. The lowest BCUT2D eigenvalue weighted by Crippen LogP contribution is -2.49.